The zero-order valence-electron chi connectivity index (χ0n) is 20.8. The van der Waals surface area contributed by atoms with Crippen LogP contribution in [0.15, 0.2) is 83.7 Å². The second kappa shape index (κ2) is 10.3. The lowest BCUT2D eigenvalue weighted by Gasteiger charge is -2.30. The maximum Gasteiger partial charge on any atom is 0.253 e. The predicted octanol–water partition coefficient (Wildman–Crippen LogP) is 4.79. The van der Waals surface area contributed by atoms with Crippen molar-refractivity contribution in [3.8, 4) is 0 Å². The SMILES string of the molecule is CCN(Cc1ccccc1)C(c1cc2c(C)ccc(C)c2[nH]c1=O)c1nnnn1Cc1ccccc1. The molecule has 0 spiro atoms. The minimum atomic E-state index is -0.429. The smallest absolute Gasteiger partial charge is 0.253 e. The van der Waals surface area contributed by atoms with Crippen LogP contribution in [0.1, 0.15) is 46.6 Å². The Labute approximate surface area is 210 Å². The number of nitrogens with zero attached hydrogens (tertiary/aromatic N) is 5. The highest BCUT2D eigenvalue weighted by Gasteiger charge is 2.30. The average molecular weight is 479 g/mol. The van der Waals surface area contributed by atoms with Crippen LogP contribution < -0.4 is 5.56 Å². The minimum Gasteiger partial charge on any atom is -0.321 e. The Morgan fingerprint density at radius 2 is 1.58 bits per heavy atom. The van der Waals surface area contributed by atoms with Gasteiger partial charge in [0.2, 0.25) is 0 Å². The molecule has 0 amide bonds. The summed E-state index contributed by atoms with van der Waals surface area (Å²) in [5.41, 5.74) is 5.80. The van der Waals surface area contributed by atoms with Gasteiger partial charge in [-0.2, -0.15) is 0 Å². The fraction of sp³-hybridized carbons (Fsp3) is 0.241. The van der Waals surface area contributed by atoms with E-state index in [1.54, 1.807) is 4.68 Å². The first-order valence-corrected chi connectivity index (χ1v) is 12.3. The number of H-pyrrole nitrogens is 1. The normalized spacial score (nSPS) is 12.3. The molecule has 0 fully saturated rings. The van der Waals surface area contributed by atoms with Gasteiger partial charge in [0.15, 0.2) is 5.82 Å². The van der Waals surface area contributed by atoms with Crippen LogP contribution in [0, 0.1) is 13.8 Å². The highest BCUT2D eigenvalue weighted by Crippen LogP contribution is 2.30. The number of benzene rings is 3. The summed E-state index contributed by atoms with van der Waals surface area (Å²) in [6.07, 6.45) is 0. The number of aryl methyl sites for hydroxylation is 2. The van der Waals surface area contributed by atoms with Crippen molar-refractivity contribution >= 4 is 10.9 Å². The van der Waals surface area contributed by atoms with E-state index in [1.165, 1.54) is 0 Å². The third kappa shape index (κ3) is 4.70. The van der Waals surface area contributed by atoms with Gasteiger partial charge in [-0.25, -0.2) is 4.68 Å². The van der Waals surface area contributed by atoms with Crippen molar-refractivity contribution in [2.45, 2.75) is 39.9 Å². The second-order valence-electron chi connectivity index (χ2n) is 9.17. The molecule has 2 heterocycles. The number of hydrogen-bond acceptors (Lipinski definition) is 5. The molecule has 0 radical (unpaired) electrons. The standard InChI is InChI=1S/C29H30N6O/c1-4-34(18-22-11-7-5-8-12-22)27(28-31-32-33-35(28)19-23-13-9-6-10-14-23)25-17-24-20(2)15-16-21(3)26(24)30-29(25)36/h5-17,27H,4,18-19H2,1-3H3,(H,30,36). The Balaban J connectivity index is 1.67. The molecule has 0 aliphatic heterocycles. The topological polar surface area (TPSA) is 79.7 Å². The number of fused-ring (bicyclic) bond motifs is 1. The van der Waals surface area contributed by atoms with E-state index >= 15 is 0 Å². The van der Waals surface area contributed by atoms with Crippen molar-refractivity contribution in [3.05, 3.63) is 123 Å². The van der Waals surface area contributed by atoms with E-state index in [0.29, 0.717) is 31.0 Å². The molecule has 0 saturated carbocycles. The maximum absolute atomic E-state index is 13.6. The lowest BCUT2D eigenvalue weighted by atomic mass is 9.99. The van der Waals surface area contributed by atoms with Gasteiger partial charge in [-0.15, -0.1) is 5.10 Å². The fourth-order valence-corrected chi connectivity index (χ4v) is 4.77. The third-order valence-electron chi connectivity index (χ3n) is 6.75. The van der Waals surface area contributed by atoms with Crippen LogP contribution >= 0.6 is 0 Å². The largest absolute Gasteiger partial charge is 0.321 e. The van der Waals surface area contributed by atoms with Crippen molar-refractivity contribution in [2.24, 2.45) is 0 Å². The number of hydrogen-bond donors (Lipinski definition) is 1. The quantitative estimate of drug-likeness (QED) is 0.347. The summed E-state index contributed by atoms with van der Waals surface area (Å²) in [4.78, 5) is 19.0. The summed E-state index contributed by atoms with van der Waals surface area (Å²) in [7, 11) is 0. The molecule has 5 aromatic rings. The van der Waals surface area contributed by atoms with Gasteiger partial charge in [0.25, 0.3) is 5.56 Å². The molecule has 0 aliphatic carbocycles. The summed E-state index contributed by atoms with van der Waals surface area (Å²) < 4.78 is 1.81. The number of pyridine rings is 1. The van der Waals surface area contributed by atoms with Gasteiger partial charge >= 0.3 is 0 Å². The van der Waals surface area contributed by atoms with Crippen molar-refractivity contribution in [3.63, 3.8) is 0 Å². The van der Waals surface area contributed by atoms with Crippen LogP contribution in [-0.2, 0) is 13.1 Å². The van der Waals surface area contributed by atoms with Gasteiger partial charge in [0.05, 0.1) is 12.1 Å². The Bertz CT molecular complexity index is 1520. The maximum atomic E-state index is 13.6. The van der Waals surface area contributed by atoms with Crippen LogP contribution in [0.5, 0.6) is 0 Å². The van der Waals surface area contributed by atoms with E-state index in [1.807, 2.05) is 55.5 Å². The van der Waals surface area contributed by atoms with Gasteiger partial charge < -0.3 is 4.98 Å². The van der Waals surface area contributed by atoms with E-state index in [2.05, 4.69) is 69.6 Å². The van der Waals surface area contributed by atoms with Crippen LogP contribution in [0.4, 0.5) is 0 Å². The number of tetrazole rings is 1. The lowest BCUT2D eigenvalue weighted by Crippen LogP contribution is -2.35. The molecular formula is C29H30N6O. The highest BCUT2D eigenvalue weighted by atomic mass is 16.1. The molecular weight excluding hydrogens is 448 g/mol. The molecule has 2 aromatic heterocycles. The molecule has 36 heavy (non-hydrogen) atoms. The van der Waals surface area contributed by atoms with Gasteiger partial charge in [-0.05, 0) is 59.1 Å². The first-order chi connectivity index (χ1) is 17.5. The molecule has 3 aromatic carbocycles. The summed E-state index contributed by atoms with van der Waals surface area (Å²) >= 11 is 0. The van der Waals surface area contributed by atoms with Crippen LogP contribution in [0.25, 0.3) is 10.9 Å². The van der Waals surface area contributed by atoms with Crippen LogP contribution in [0.2, 0.25) is 0 Å². The molecule has 1 N–H and O–H groups in total. The lowest BCUT2D eigenvalue weighted by molar-refractivity contribution is 0.214. The average Bonchev–Trinajstić information content (AvgIpc) is 3.35. The van der Waals surface area contributed by atoms with Crippen LogP contribution in [0.3, 0.4) is 0 Å². The number of aromatic amines is 1. The van der Waals surface area contributed by atoms with E-state index in [9.17, 15) is 4.79 Å². The van der Waals surface area contributed by atoms with E-state index in [4.69, 9.17) is 0 Å². The predicted molar refractivity (Wildman–Crippen MR) is 142 cm³/mol. The first kappa shape index (κ1) is 23.6. The van der Waals surface area contributed by atoms with Gasteiger partial charge in [-0.3, -0.25) is 9.69 Å². The number of aromatic nitrogens is 5. The Kier molecular flexibility index (Phi) is 6.73. The first-order valence-electron chi connectivity index (χ1n) is 12.3. The highest BCUT2D eigenvalue weighted by molar-refractivity contribution is 5.85. The molecule has 0 bridgehead atoms. The van der Waals surface area contributed by atoms with Crippen molar-refractivity contribution < 1.29 is 0 Å². The zero-order valence-corrected chi connectivity index (χ0v) is 20.8. The molecule has 5 rings (SSSR count). The van der Waals surface area contributed by atoms with Gasteiger partial charge in [0, 0.05) is 17.5 Å². The van der Waals surface area contributed by atoms with E-state index < -0.39 is 6.04 Å². The number of nitrogens with one attached hydrogen (secondary N) is 1. The van der Waals surface area contributed by atoms with Gasteiger partial charge in [0.1, 0.15) is 6.04 Å². The second-order valence-corrected chi connectivity index (χ2v) is 9.17. The van der Waals surface area contributed by atoms with Crippen molar-refractivity contribution in [1.82, 2.24) is 30.1 Å². The fourth-order valence-electron chi connectivity index (χ4n) is 4.77. The van der Waals surface area contributed by atoms with Crippen molar-refractivity contribution in [1.29, 1.82) is 0 Å². The Hall–Kier alpha value is -4.10. The minimum absolute atomic E-state index is 0.123. The number of rotatable bonds is 8. The molecule has 0 aliphatic rings. The molecule has 1 unspecified atom stereocenters. The summed E-state index contributed by atoms with van der Waals surface area (Å²) in [6.45, 7) is 8.08. The summed E-state index contributed by atoms with van der Waals surface area (Å²) in [5.74, 6) is 0.645. The van der Waals surface area contributed by atoms with Gasteiger partial charge in [-0.1, -0.05) is 79.7 Å². The third-order valence-corrected chi connectivity index (χ3v) is 6.75. The van der Waals surface area contributed by atoms with E-state index in [0.717, 1.165) is 33.2 Å². The Morgan fingerprint density at radius 3 is 2.28 bits per heavy atom. The molecule has 7 heteroatoms. The summed E-state index contributed by atoms with van der Waals surface area (Å²) in [6, 6.07) is 26.1. The van der Waals surface area contributed by atoms with Crippen molar-refractivity contribution in [2.75, 3.05) is 6.54 Å². The molecule has 1 atom stereocenters. The van der Waals surface area contributed by atoms with E-state index in [-0.39, 0.29) is 5.56 Å². The Morgan fingerprint density at radius 1 is 0.917 bits per heavy atom. The molecule has 7 nitrogen and oxygen atoms in total. The van der Waals surface area contributed by atoms with Crippen LogP contribution in [-0.4, -0.2) is 36.6 Å². The monoisotopic (exact) mass is 478 g/mol. The molecule has 0 saturated heterocycles. The molecule has 182 valence electrons. The zero-order chi connectivity index (χ0) is 25.1. The summed E-state index contributed by atoms with van der Waals surface area (Å²) in [5, 5.41) is 13.9.